The van der Waals surface area contributed by atoms with E-state index in [2.05, 4.69) is 5.32 Å². The molecule has 4 heteroatoms. The molecule has 2 unspecified atom stereocenters. The number of amides is 1. The lowest BCUT2D eigenvalue weighted by Crippen LogP contribution is -2.34. The zero-order valence-electron chi connectivity index (χ0n) is 9.40. The van der Waals surface area contributed by atoms with E-state index in [1.807, 2.05) is 6.92 Å². The summed E-state index contributed by atoms with van der Waals surface area (Å²) >= 11 is 5.79. The third-order valence-electron chi connectivity index (χ3n) is 2.16. The summed E-state index contributed by atoms with van der Waals surface area (Å²) in [5, 5.41) is 12.5. The second kappa shape index (κ2) is 5.87. The van der Waals surface area contributed by atoms with Crippen LogP contribution in [0.15, 0.2) is 24.3 Å². The molecule has 0 aliphatic rings. The Kier molecular flexibility index (Phi) is 4.77. The number of carbonyl (C=O) groups is 1. The first-order valence-corrected chi connectivity index (χ1v) is 5.61. The van der Waals surface area contributed by atoms with E-state index in [1.54, 1.807) is 31.2 Å². The number of nitrogens with one attached hydrogen (secondary N) is 1. The molecule has 16 heavy (non-hydrogen) atoms. The highest BCUT2D eigenvalue weighted by Crippen LogP contribution is 2.10. The first-order valence-electron chi connectivity index (χ1n) is 5.23. The summed E-state index contributed by atoms with van der Waals surface area (Å²) in [5.74, 6) is -0.171. The molecule has 0 saturated carbocycles. The highest BCUT2D eigenvalue weighted by atomic mass is 35.5. The van der Waals surface area contributed by atoms with E-state index in [0.29, 0.717) is 17.0 Å². The van der Waals surface area contributed by atoms with Crippen LogP contribution in [0, 0.1) is 0 Å². The van der Waals surface area contributed by atoms with Gasteiger partial charge in [-0.2, -0.15) is 0 Å². The monoisotopic (exact) mass is 241 g/mol. The largest absolute Gasteiger partial charge is 0.393 e. The van der Waals surface area contributed by atoms with Gasteiger partial charge in [-0.1, -0.05) is 17.7 Å². The van der Waals surface area contributed by atoms with Gasteiger partial charge < -0.3 is 10.4 Å². The SMILES string of the molecule is CC(O)CC(C)NC(=O)c1cccc(Cl)c1. The maximum Gasteiger partial charge on any atom is 0.251 e. The van der Waals surface area contributed by atoms with Gasteiger partial charge in [0.1, 0.15) is 0 Å². The fourth-order valence-corrected chi connectivity index (χ4v) is 1.70. The highest BCUT2D eigenvalue weighted by molar-refractivity contribution is 6.30. The van der Waals surface area contributed by atoms with E-state index < -0.39 is 6.10 Å². The van der Waals surface area contributed by atoms with Gasteiger partial charge in [0.05, 0.1) is 6.10 Å². The van der Waals surface area contributed by atoms with Gasteiger partial charge in [-0.05, 0) is 38.5 Å². The fourth-order valence-electron chi connectivity index (χ4n) is 1.51. The number of hydrogen-bond acceptors (Lipinski definition) is 2. The van der Waals surface area contributed by atoms with Crippen molar-refractivity contribution in [1.29, 1.82) is 0 Å². The summed E-state index contributed by atoms with van der Waals surface area (Å²) in [4.78, 5) is 11.7. The van der Waals surface area contributed by atoms with Crippen LogP contribution in [-0.4, -0.2) is 23.2 Å². The topological polar surface area (TPSA) is 49.3 Å². The van der Waals surface area contributed by atoms with Gasteiger partial charge in [0, 0.05) is 16.6 Å². The molecule has 0 aliphatic carbocycles. The van der Waals surface area contributed by atoms with Crippen molar-refractivity contribution in [2.24, 2.45) is 0 Å². The zero-order chi connectivity index (χ0) is 12.1. The van der Waals surface area contributed by atoms with Crippen molar-refractivity contribution < 1.29 is 9.90 Å². The smallest absolute Gasteiger partial charge is 0.251 e. The molecule has 0 aromatic heterocycles. The molecule has 0 fully saturated rings. The zero-order valence-corrected chi connectivity index (χ0v) is 10.2. The number of aliphatic hydroxyl groups excluding tert-OH is 1. The molecule has 0 saturated heterocycles. The van der Waals surface area contributed by atoms with E-state index in [4.69, 9.17) is 11.6 Å². The Bertz CT molecular complexity index is 366. The van der Waals surface area contributed by atoms with E-state index in [-0.39, 0.29) is 11.9 Å². The molecule has 1 rings (SSSR count). The van der Waals surface area contributed by atoms with E-state index in [9.17, 15) is 9.90 Å². The van der Waals surface area contributed by atoms with Gasteiger partial charge in [-0.25, -0.2) is 0 Å². The second-order valence-electron chi connectivity index (χ2n) is 3.97. The maximum atomic E-state index is 11.7. The van der Waals surface area contributed by atoms with Gasteiger partial charge in [0.25, 0.3) is 5.91 Å². The molecule has 0 spiro atoms. The Morgan fingerprint density at radius 1 is 1.50 bits per heavy atom. The molecule has 1 aromatic rings. The van der Waals surface area contributed by atoms with Gasteiger partial charge in [-0.15, -0.1) is 0 Å². The third kappa shape index (κ3) is 4.21. The standard InChI is InChI=1S/C12H16ClNO2/c1-8(6-9(2)15)14-12(16)10-4-3-5-11(13)7-10/h3-5,7-9,15H,6H2,1-2H3,(H,14,16). The molecule has 0 aliphatic heterocycles. The molecule has 1 amide bonds. The molecule has 3 nitrogen and oxygen atoms in total. The summed E-state index contributed by atoms with van der Waals surface area (Å²) in [5.41, 5.74) is 0.532. The van der Waals surface area contributed by atoms with Gasteiger partial charge in [0.2, 0.25) is 0 Å². The van der Waals surface area contributed by atoms with Crippen molar-refractivity contribution in [1.82, 2.24) is 5.32 Å². The minimum atomic E-state index is -0.422. The number of aliphatic hydroxyl groups is 1. The summed E-state index contributed by atoms with van der Waals surface area (Å²) < 4.78 is 0. The molecule has 88 valence electrons. The Labute approximate surface area is 100 Å². The molecule has 0 heterocycles. The van der Waals surface area contributed by atoms with Crippen molar-refractivity contribution in [2.75, 3.05) is 0 Å². The number of halogens is 1. The first-order chi connectivity index (χ1) is 7.49. The minimum absolute atomic E-state index is 0.0634. The van der Waals surface area contributed by atoms with Crippen LogP contribution in [0.2, 0.25) is 5.02 Å². The number of carbonyl (C=O) groups excluding carboxylic acids is 1. The predicted molar refractivity (Wildman–Crippen MR) is 64.7 cm³/mol. The minimum Gasteiger partial charge on any atom is -0.393 e. The van der Waals surface area contributed by atoms with Crippen LogP contribution < -0.4 is 5.32 Å². The van der Waals surface area contributed by atoms with E-state index in [1.165, 1.54) is 0 Å². The Hall–Kier alpha value is -1.06. The predicted octanol–water partition coefficient (Wildman–Crippen LogP) is 2.23. The number of rotatable bonds is 4. The third-order valence-corrected chi connectivity index (χ3v) is 2.39. The summed E-state index contributed by atoms with van der Waals surface area (Å²) in [7, 11) is 0. The van der Waals surface area contributed by atoms with E-state index in [0.717, 1.165) is 0 Å². The average Bonchev–Trinajstić information content (AvgIpc) is 2.16. The lowest BCUT2D eigenvalue weighted by atomic mass is 10.1. The Morgan fingerprint density at radius 2 is 2.19 bits per heavy atom. The molecule has 2 atom stereocenters. The highest BCUT2D eigenvalue weighted by Gasteiger charge is 2.11. The molecular formula is C12H16ClNO2. The Morgan fingerprint density at radius 3 is 2.75 bits per heavy atom. The lowest BCUT2D eigenvalue weighted by Gasteiger charge is -2.15. The van der Waals surface area contributed by atoms with Gasteiger partial charge in [0.15, 0.2) is 0 Å². The van der Waals surface area contributed by atoms with Crippen molar-refractivity contribution in [3.05, 3.63) is 34.9 Å². The number of hydrogen-bond donors (Lipinski definition) is 2. The maximum absolute atomic E-state index is 11.7. The molecule has 2 N–H and O–H groups in total. The summed E-state index contributed by atoms with van der Waals surface area (Å²) in [6, 6.07) is 6.71. The molecular weight excluding hydrogens is 226 g/mol. The van der Waals surface area contributed by atoms with E-state index >= 15 is 0 Å². The molecule has 0 radical (unpaired) electrons. The van der Waals surface area contributed by atoms with Crippen molar-refractivity contribution in [3.8, 4) is 0 Å². The average molecular weight is 242 g/mol. The Balaban J connectivity index is 2.59. The quantitative estimate of drug-likeness (QED) is 0.849. The first kappa shape index (κ1) is 13.0. The second-order valence-corrected chi connectivity index (χ2v) is 4.41. The van der Waals surface area contributed by atoms with Crippen molar-refractivity contribution >= 4 is 17.5 Å². The van der Waals surface area contributed by atoms with Crippen LogP contribution in [0.25, 0.3) is 0 Å². The normalized spacial score (nSPS) is 14.2. The van der Waals surface area contributed by atoms with Crippen LogP contribution in [0.3, 0.4) is 0 Å². The van der Waals surface area contributed by atoms with Gasteiger partial charge in [-0.3, -0.25) is 4.79 Å². The fraction of sp³-hybridized carbons (Fsp3) is 0.417. The molecule has 1 aromatic carbocycles. The molecule has 0 bridgehead atoms. The number of benzene rings is 1. The van der Waals surface area contributed by atoms with Crippen LogP contribution >= 0.6 is 11.6 Å². The lowest BCUT2D eigenvalue weighted by molar-refractivity contribution is 0.0923. The van der Waals surface area contributed by atoms with Gasteiger partial charge >= 0.3 is 0 Å². The van der Waals surface area contributed by atoms with Crippen molar-refractivity contribution in [2.45, 2.75) is 32.4 Å². The van der Waals surface area contributed by atoms with Crippen LogP contribution in [0.1, 0.15) is 30.6 Å². The van der Waals surface area contributed by atoms with Crippen molar-refractivity contribution in [3.63, 3.8) is 0 Å². The van der Waals surface area contributed by atoms with Crippen LogP contribution in [-0.2, 0) is 0 Å². The summed E-state index contributed by atoms with van der Waals surface area (Å²) in [6.45, 7) is 3.55. The van der Waals surface area contributed by atoms with Crippen LogP contribution in [0.4, 0.5) is 0 Å². The van der Waals surface area contributed by atoms with Crippen LogP contribution in [0.5, 0.6) is 0 Å². The summed E-state index contributed by atoms with van der Waals surface area (Å²) in [6.07, 6.45) is 0.112.